The van der Waals surface area contributed by atoms with E-state index >= 15 is 0 Å². The maximum Gasteiger partial charge on any atom is 0.250 e. The molecule has 1 aromatic heterocycles. The largest absolute Gasteiger partial charge is 0.312 e. The number of aryl methyl sites for hydroxylation is 2. The van der Waals surface area contributed by atoms with Crippen LogP contribution in [-0.2, 0) is 13.0 Å². The van der Waals surface area contributed by atoms with Crippen molar-refractivity contribution in [2.24, 2.45) is 0 Å². The first-order valence-corrected chi connectivity index (χ1v) is 7.08. The molecule has 2 aromatic rings. The monoisotopic (exact) mass is 270 g/mol. The highest BCUT2D eigenvalue weighted by atomic mass is 16.1. The average Bonchev–Trinajstić information content (AvgIpc) is 2.47. The third-order valence-corrected chi connectivity index (χ3v) is 3.77. The summed E-state index contributed by atoms with van der Waals surface area (Å²) in [7, 11) is 1.93. The quantitative estimate of drug-likeness (QED) is 0.906. The Bertz CT molecular complexity index is 614. The zero-order valence-electron chi connectivity index (χ0n) is 12.4. The van der Waals surface area contributed by atoms with Crippen molar-refractivity contribution in [3.8, 4) is 0 Å². The summed E-state index contributed by atoms with van der Waals surface area (Å²) in [6.07, 6.45) is 1.04. The highest BCUT2D eigenvalue weighted by Gasteiger charge is 2.11. The number of nitrogens with zero attached hydrogens (tertiary/aromatic N) is 1. The van der Waals surface area contributed by atoms with E-state index in [2.05, 4.69) is 36.5 Å². The van der Waals surface area contributed by atoms with Crippen molar-refractivity contribution in [2.45, 2.75) is 32.9 Å². The molecule has 2 rings (SSSR count). The Labute approximate surface area is 120 Å². The molecular weight excluding hydrogens is 248 g/mol. The lowest BCUT2D eigenvalue weighted by atomic mass is 10.0. The van der Waals surface area contributed by atoms with E-state index in [1.54, 1.807) is 12.1 Å². The van der Waals surface area contributed by atoms with Gasteiger partial charge in [0.25, 0.3) is 5.56 Å². The number of rotatable bonds is 5. The molecule has 0 radical (unpaired) electrons. The van der Waals surface area contributed by atoms with Crippen LogP contribution >= 0.6 is 0 Å². The summed E-state index contributed by atoms with van der Waals surface area (Å²) in [4.78, 5) is 12.0. The van der Waals surface area contributed by atoms with E-state index in [9.17, 15) is 4.79 Å². The van der Waals surface area contributed by atoms with Gasteiger partial charge in [-0.1, -0.05) is 37.3 Å². The summed E-state index contributed by atoms with van der Waals surface area (Å²) < 4.78 is 1.81. The fraction of sp³-hybridized carbons (Fsp3) is 0.353. The normalized spacial score (nSPS) is 12.3. The molecule has 0 fully saturated rings. The molecular formula is C17H22N2O. The molecule has 0 saturated carbocycles. The van der Waals surface area contributed by atoms with Crippen LogP contribution in [0.4, 0.5) is 0 Å². The minimum absolute atomic E-state index is 0.0513. The molecule has 20 heavy (non-hydrogen) atoms. The van der Waals surface area contributed by atoms with Crippen LogP contribution < -0.4 is 10.9 Å². The second-order valence-corrected chi connectivity index (χ2v) is 5.05. The first-order valence-electron chi connectivity index (χ1n) is 7.08. The zero-order valence-corrected chi connectivity index (χ0v) is 12.4. The van der Waals surface area contributed by atoms with E-state index < -0.39 is 0 Å². The van der Waals surface area contributed by atoms with Crippen LogP contribution in [0.1, 0.15) is 29.8 Å². The van der Waals surface area contributed by atoms with Crippen LogP contribution in [-0.4, -0.2) is 11.6 Å². The summed E-state index contributed by atoms with van der Waals surface area (Å²) in [6, 6.07) is 14.1. The highest BCUT2D eigenvalue weighted by molar-refractivity contribution is 5.25. The number of hydrogen-bond acceptors (Lipinski definition) is 2. The third kappa shape index (κ3) is 3.17. The SMILES string of the molecule is CCc1ccc(C(Cn2c(C)cccc2=O)NC)cc1. The molecule has 3 nitrogen and oxygen atoms in total. The van der Waals surface area contributed by atoms with Crippen molar-refractivity contribution < 1.29 is 0 Å². The van der Waals surface area contributed by atoms with Crippen molar-refractivity contribution in [1.29, 1.82) is 0 Å². The van der Waals surface area contributed by atoms with Gasteiger partial charge in [0, 0.05) is 18.3 Å². The molecule has 0 aliphatic carbocycles. The molecule has 1 atom stereocenters. The van der Waals surface area contributed by atoms with E-state index in [0.717, 1.165) is 12.1 Å². The number of pyridine rings is 1. The topological polar surface area (TPSA) is 34.0 Å². The maximum absolute atomic E-state index is 12.0. The fourth-order valence-corrected chi connectivity index (χ4v) is 2.39. The van der Waals surface area contributed by atoms with E-state index in [1.165, 1.54) is 11.1 Å². The summed E-state index contributed by atoms with van der Waals surface area (Å²) in [5, 5.41) is 3.30. The van der Waals surface area contributed by atoms with E-state index in [-0.39, 0.29) is 11.6 Å². The third-order valence-electron chi connectivity index (χ3n) is 3.77. The van der Waals surface area contributed by atoms with E-state index in [4.69, 9.17) is 0 Å². The number of benzene rings is 1. The molecule has 0 aliphatic heterocycles. The standard InChI is InChI=1S/C17H22N2O/c1-4-14-8-10-15(11-9-14)16(18-3)12-19-13(2)6-5-7-17(19)20/h5-11,16,18H,4,12H2,1-3H3. The predicted molar refractivity (Wildman–Crippen MR) is 83.1 cm³/mol. The second kappa shape index (κ2) is 6.53. The molecule has 0 amide bonds. The smallest absolute Gasteiger partial charge is 0.250 e. The molecule has 1 aromatic carbocycles. The van der Waals surface area contributed by atoms with Gasteiger partial charge in [-0.3, -0.25) is 4.79 Å². The molecule has 0 saturated heterocycles. The van der Waals surface area contributed by atoms with Gasteiger partial charge < -0.3 is 9.88 Å². The Balaban J connectivity index is 2.26. The Kier molecular flexibility index (Phi) is 4.74. The van der Waals surface area contributed by atoms with Crippen molar-refractivity contribution in [2.75, 3.05) is 7.05 Å². The highest BCUT2D eigenvalue weighted by Crippen LogP contribution is 2.16. The summed E-state index contributed by atoms with van der Waals surface area (Å²) in [5.74, 6) is 0. The minimum atomic E-state index is 0.0513. The second-order valence-electron chi connectivity index (χ2n) is 5.05. The van der Waals surface area contributed by atoms with Crippen LogP contribution in [0.2, 0.25) is 0 Å². The molecule has 1 N–H and O–H groups in total. The molecule has 0 bridgehead atoms. The molecule has 0 spiro atoms. The van der Waals surface area contributed by atoms with E-state index in [1.807, 2.05) is 24.6 Å². The van der Waals surface area contributed by atoms with Crippen LogP contribution in [0.3, 0.4) is 0 Å². The predicted octanol–water partition coefficient (Wildman–Crippen LogP) is 2.68. The summed E-state index contributed by atoms with van der Waals surface area (Å²) >= 11 is 0. The van der Waals surface area contributed by atoms with Crippen LogP contribution in [0.15, 0.2) is 47.3 Å². The minimum Gasteiger partial charge on any atom is -0.312 e. The van der Waals surface area contributed by atoms with Gasteiger partial charge in [0.05, 0.1) is 6.04 Å². The average molecular weight is 270 g/mol. The Morgan fingerprint density at radius 2 is 1.85 bits per heavy atom. The summed E-state index contributed by atoms with van der Waals surface area (Å²) in [5.41, 5.74) is 3.58. The van der Waals surface area contributed by atoms with Crippen molar-refractivity contribution in [1.82, 2.24) is 9.88 Å². The van der Waals surface area contributed by atoms with Gasteiger partial charge in [0.1, 0.15) is 0 Å². The van der Waals surface area contributed by atoms with Gasteiger partial charge in [0.2, 0.25) is 0 Å². The van der Waals surface area contributed by atoms with Crippen LogP contribution in [0, 0.1) is 6.92 Å². The zero-order chi connectivity index (χ0) is 14.5. The van der Waals surface area contributed by atoms with Gasteiger partial charge in [-0.05, 0) is 37.6 Å². The number of hydrogen-bond donors (Lipinski definition) is 1. The lowest BCUT2D eigenvalue weighted by Crippen LogP contribution is -2.29. The van der Waals surface area contributed by atoms with Gasteiger partial charge in [0.15, 0.2) is 0 Å². The van der Waals surface area contributed by atoms with Gasteiger partial charge in [-0.2, -0.15) is 0 Å². The van der Waals surface area contributed by atoms with Gasteiger partial charge >= 0.3 is 0 Å². The van der Waals surface area contributed by atoms with Gasteiger partial charge in [-0.15, -0.1) is 0 Å². The molecule has 1 unspecified atom stereocenters. The first-order chi connectivity index (χ1) is 9.65. The molecule has 3 heteroatoms. The lowest BCUT2D eigenvalue weighted by Gasteiger charge is -2.20. The van der Waals surface area contributed by atoms with Crippen molar-refractivity contribution in [3.63, 3.8) is 0 Å². The summed E-state index contributed by atoms with van der Waals surface area (Å²) in [6.45, 7) is 4.76. The fourth-order valence-electron chi connectivity index (χ4n) is 2.39. The number of likely N-dealkylation sites (N-methyl/N-ethyl adjacent to an activating group) is 1. The van der Waals surface area contributed by atoms with E-state index in [0.29, 0.717) is 6.54 Å². The Morgan fingerprint density at radius 3 is 2.40 bits per heavy atom. The van der Waals surface area contributed by atoms with Crippen LogP contribution in [0.25, 0.3) is 0 Å². The van der Waals surface area contributed by atoms with Crippen LogP contribution in [0.5, 0.6) is 0 Å². The van der Waals surface area contributed by atoms with Gasteiger partial charge in [-0.25, -0.2) is 0 Å². The van der Waals surface area contributed by atoms with Crippen molar-refractivity contribution in [3.05, 3.63) is 69.6 Å². The van der Waals surface area contributed by atoms with Crippen molar-refractivity contribution >= 4 is 0 Å². The number of aromatic nitrogens is 1. The Morgan fingerprint density at radius 1 is 1.15 bits per heavy atom. The molecule has 0 aliphatic rings. The lowest BCUT2D eigenvalue weighted by molar-refractivity contribution is 0.484. The maximum atomic E-state index is 12.0. The number of nitrogens with one attached hydrogen (secondary N) is 1. The Hall–Kier alpha value is -1.87. The molecule has 106 valence electrons. The molecule has 1 heterocycles. The first kappa shape index (κ1) is 14.5.